The minimum Gasteiger partial charge on any atom is -0.366 e. The minimum absolute atomic E-state index is 0.0541. The number of H-pyrrole nitrogens is 1. The summed E-state index contributed by atoms with van der Waals surface area (Å²) in [4.78, 5) is 25.3. The molecule has 33 heavy (non-hydrogen) atoms. The number of amides is 1. The summed E-state index contributed by atoms with van der Waals surface area (Å²) in [6, 6.07) is 7.70. The van der Waals surface area contributed by atoms with E-state index in [4.69, 9.17) is 9.97 Å². The highest BCUT2D eigenvalue weighted by Crippen LogP contribution is 2.33. The normalized spacial score (nSPS) is 22.9. The molecule has 0 saturated heterocycles. The molecule has 1 unspecified atom stereocenters. The molecule has 2 aromatic heterocycles. The molecule has 1 fully saturated rings. The lowest BCUT2D eigenvalue weighted by molar-refractivity contribution is 0.0958. The van der Waals surface area contributed by atoms with Crippen LogP contribution >= 0.6 is 0 Å². The van der Waals surface area contributed by atoms with E-state index in [2.05, 4.69) is 20.3 Å². The zero-order valence-corrected chi connectivity index (χ0v) is 19.7. The van der Waals surface area contributed by atoms with E-state index >= 15 is 0 Å². The van der Waals surface area contributed by atoms with E-state index in [1.165, 1.54) is 6.26 Å². The predicted molar refractivity (Wildman–Crippen MR) is 128 cm³/mol. The molecule has 1 aromatic carbocycles. The Morgan fingerprint density at radius 3 is 2.67 bits per heavy atom. The highest BCUT2D eigenvalue weighted by molar-refractivity contribution is 7.88. The Kier molecular flexibility index (Phi) is 5.37. The number of aromatic amines is 1. The van der Waals surface area contributed by atoms with Gasteiger partial charge in [-0.25, -0.2) is 23.1 Å². The van der Waals surface area contributed by atoms with Crippen molar-refractivity contribution in [2.75, 3.05) is 11.6 Å². The van der Waals surface area contributed by atoms with Crippen LogP contribution in [0.1, 0.15) is 60.4 Å². The quantitative estimate of drug-likeness (QED) is 0.456. The van der Waals surface area contributed by atoms with Gasteiger partial charge in [0.05, 0.1) is 34.8 Å². The summed E-state index contributed by atoms with van der Waals surface area (Å²) < 4.78 is 26.0. The number of hydrogen-bond donors (Lipinski definition) is 4. The molecule has 10 heteroatoms. The summed E-state index contributed by atoms with van der Waals surface area (Å²) in [5.41, 5.74) is 5.60. The van der Waals surface area contributed by atoms with Crippen LogP contribution in [0.5, 0.6) is 0 Å². The smallest absolute Gasteiger partial charge is 0.253 e. The second kappa shape index (κ2) is 8.11. The zero-order valence-electron chi connectivity index (χ0n) is 18.9. The molecule has 9 nitrogen and oxygen atoms in total. The van der Waals surface area contributed by atoms with Crippen LogP contribution in [0.25, 0.3) is 22.3 Å². The van der Waals surface area contributed by atoms with Gasteiger partial charge >= 0.3 is 0 Å². The van der Waals surface area contributed by atoms with Crippen LogP contribution in [0.2, 0.25) is 0 Å². The minimum atomic E-state index is -3.24. The largest absolute Gasteiger partial charge is 0.366 e. The van der Waals surface area contributed by atoms with Crippen LogP contribution in [-0.4, -0.2) is 47.6 Å². The van der Waals surface area contributed by atoms with Gasteiger partial charge in [0.15, 0.2) is 0 Å². The van der Waals surface area contributed by atoms with Gasteiger partial charge in [0.2, 0.25) is 10.0 Å². The fraction of sp³-hybridized carbons (Fsp3) is 0.435. The molecule has 1 aliphatic heterocycles. The van der Waals surface area contributed by atoms with Crippen LogP contribution in [0.4, 0.5) is 5.82 Å². The number of hydrogen-bond acceptors (Lipinski definition) is 6. The average Bonchev–Trinajstić information content (AvgIpc) is 3.28. The molecule has 3 atom stereocenters. The number of rotatable bonds is 5. The Bertz CT molecular complexity index is 1350. The fourth-order valence-electron chi connectivity index (χ4n) is 4.94. The number of sulfonamides is 1. The van der Waals surface area contributed by atoms with Crippen molar-refractivity contribution < 1.29 is 13.2 Å². The van der Waals surface area contributed by atoms with E-state index < -0.39 is 10.0 Å². The molecule has 0 spiro atoms. The van der Waals surface area contributed by atoms with E-state index in [9.17, 15) is 13.2 Å². The number of aryl methyl sites for hydroxylation is 1. The molecule has 4 N–H and O–H groups in total. The maximum Gasteiger partial charge on any atom is 0.253 e. The maximum absolute atomic E-state index is 12.2. The standard InChI is InChI=1S/C23H28N6O3S/c1-12-20-17(23(30)25-12)11-19(27-20)16-8-5-9-18-21(16)28-22(13(2)24-18)26-14-6-4-7-15(10-14)29-33(3,31)32/h5,8-9,11-12,14-15,27,29H,4,6-7,10H2,1-3H3,(H,25,30)(H,26,28)/t12?,14-,15+/m0/s1. The van der Waals surface area contributed by atoms with Crippen LogP contribution in [0.3, 0.4) is 0 Å². The molecular weight excluding hydrogens is 440 g/mol. The highest BCUT2D eigenvalue weighted by Gasteiger charge is 2.29. The molecule has 1 saturated carbocycles. The second-order valence-corrected chi connectivity index (χ2v) is 10.9. The van der Waals surface area contributed by atoms with Gasteiger partial charge in [-0.1, -0.05) is 12.1 Å². The lowest BCUT2D eigenvalue weighted by Crippen LogP contribution is -2.41. The third kappa shape index (κ3) is 4.32. The third-order valence-corrected chi connectivity index (χ3v) is 7.19. The van der Waals surface area contributed by atoms with E-state index in [-0.39, 0.29) is 24.0 Å². The van der Waals surface area contributed by atoms with E-state index in [1.54, 1.807) is 0 Å². The maximum atomic E-state index is 12.2. The Morgan fingerprint density at radius 1 is 1.12 bits per heavy atom. The van der Waals surface area contributed by atoms with Crippen molar-refractivity contribution in [3.8, 4) is 11.3 Å². The summed E-state index contributed by atoms with van der Waals surface area (Å²) in [5.74, 6) is 0.629. The van der Waals surface area contributed by atoms with E-state index in [0.29, 0.717) is 17.8 Å². The van der Waals surface area contributed by atoms with Gasteiger partial charge in [-0.05, 0) is 51.7 Å². The summed E-state index contributed by atoms with van der Waals surface area (Å²) in [5, 5.41) is 6.41. The molecule has 174 valence electrons. The molecule has 0 radical (unpaired) electrons. The summed E-state index contributed by atoms with van der Waals surface area (Å²) in [6.45, 7) is 3.88. The van der Waals surface area contributed by atoms with Gasteiger partial charge in [0, 0.05) is 23.3 Å². The number of carbonyl (C=O) groups is 1. The first-order chi connectivity index (χ1) is 15.7. The Hall–Kier alpha value is -2.98. The van der Waals surface area contributed by atoms with Crippen LogP contribution in [-0.2, 0) is 10.0 Å². The van der Waals surface area contributed by atoms with Crippen molar-refractivity contribution in [1.82, 2.24) is 25.0 Å². The number of carbonyl (C=O) groups excluding carboxylic acids is 1. The van der Waals surface area contributed by atoms with Crippen LogP contribution in [0, 0.1) is 6.92 Å². The van der Waals surface area contributed by atoms with Gasteiger partial charge < -0.3 is 15.6 Å². The monoisotopic (exact) mass is 468 g/mol. The van der Waals surface area contributed by atoms with E-state index in [0.717, 1.165) is 52.9 Å². The number of fused-ring (bicyclic) bond motifs is 2. The Morgan fingerprint density at radius 2 is 1.91 bits per heavy atom. The topological polar surface area (TPSA) is 129 Å². The van der Waals surface area contributed by atoms with Gasteiger partial charge in [0.1, 0.15) is 11.3 Å². The number of aromatic nitrogens is 3. The molecule has 5 rings (SSSR count). The molecule has 1 aliphatic carbocycles. The van der Waals surface area contributed by atoms with Crippen molar-refractivity contribution in [2.24, 2.45) is 0 Å². The second-order valence-electron chi connectivity index (χ2n) is 9.13. The molecule has 0 bridgehead atoms. The summed E-state index contributed by atoms with van der Waals surface area (Å²) in [7, 11) is -3.24. The lowest BCUT2D eigenvalue weighted by atomic mass is 9.91. The van der Waals surface area contributed by atoms with Crippen molar-refractivity contribution >= 4 is 32.8 Å². The zero-order chi connectivity index (χ0) is 23.3. The van der Waals surface area contributed by atoms with Gasteiger partial charge in [0.25, 0.3) is 5.91 Å². The van der Waals surface area contributed by atoms with Crippen LogP contribution < -0.4 is 15.4 Å². The molecule has 3 aromatic rings. The Labute approximate surface area is 192 Å². The van der Waals surface area contributed by atoms with Crippen LogP contribution in [0.15, 0.2) is 24.3 Å². The molecule has 2 aliphatic rings. The molecule has 3 heterocycles. The van der Waals surface area contributed by atoms with Crippen molar-refractivity contribution in [3.05, 3.63) is 41.2 Å². The average molecular weight is 469 g/mol. The van der Waals surface area contributed by atoms with Crippen molar-refractivity contribution in [1.29, 1.82) is 0 Å². The van der Waals surface area contributed by atoms with Gasteiger partial charge in [-0.2, -0.15) is 0 Å². The van der Waals surface area contributed by atoms with Gasteiger partial charge in [-0.15, -0.1) is 0 Å². The lowest BCUT2D eigenvalue weighted by Gasteiger charge is -2.30. The number of benzene rings is 1. The molecular formula is C23H28N6O3S. The van der Waals surface area contributed by atoms with Crippen molar-refractivity contribution in [2.45, 2.75) is 57.7 Å². The van der Waals surface area contributed by atoms with Crippen molar-refractivity contribution in [3.63, 3.8) is 0 Å². The number of para-hydroxylation sites is 1. The van der Waals surface area contributed by atoms with Gasteiger partial charge in [-0.3, -0.25) is 4.79 Å². The first kappa shape index (κ1) is 21.8. The highest BCUT2D eigenvalue weighted by atomic mass is 32.2. The number of nitrogens with one attached hydrogen (secondary N) is 4. The number of nitrogens with zero attached hydrogens (tertiary/aromatic N) is 2. The van der Waals surface area contributed by atoms with E-state index in [1.807, 2.05) is 38.1 Å². The first-order valence-electron chi connectivity index (χ1n) is 11.2. The Balaban J connectivity index is 1.47. The SMILES string of the molecule is Cc1nc2cccc(-c3cc4c([nH]3)C(C)NC4=O)c2nc1N[C@H]1CCC[C@@H](NS(C)(=O)=O)C1. The fourth-order valence-corrected chi connectivity index (χ4v) is 5.75. The summed E-state index contributed by atoms with van der Waals surface area (Å²) in [6.07, 6.45) is 4.61. The molecule has 1 amide bonds. The summed E-state index contributed by atoms with van der Waals surface area (Å²) >= 11 is 0. The third-order valence-electron chi connectivity index (χ3n) is 6.43. The number of anilines is 1. The predicted octanol–water partition coefficient (Wildman–Crippen LogP) is 3.01. The first-order valence-corrected chi connectivity index (χ1v) is 13.1.